The number of benzene rings is 1. The molecule has 1 aliphatic carbocycles. The van der Waals surface area contributed by atoms with Crippen LogP contribution in [0.3, 0.4) is 0 Å². The van der Waals surface area contributed by atoms with Crippen LogP contribution in [0.4, 0.5) is 0 Å². The second-order valence-corrected chi connectivity index (χ2v) is 7.55. The van der Waals surface area contributed by atoms with Gasteiger partial charge in [0.05, 0.1) is 3.42 Å². The van der Waals surface area contributed by atoms with Crippen molar-refractivity contribution in [1.29, 1.82) is 0 Å². The highest BCUT2D eigenvalue weighted by Gasteiger charge is 2.38. The van der Waals surface area contributed by atoms with Crippen LogP contribution in [0.15, 0.2) is 24.3 Å². The first-order valence-corrected chi connectivity index (χ1v) is 7.58. The molecule has 2 atom stereocenters. The summed E-state index contributed by atoms with van der Waals surface area (Å²) in [7, 11) is 0. The van der Waals surface area contributed by atoms with Gasteiger partial charge in [-0.15, -0.1) is 0 Å². The number of halogens is 2. The molecule has 0 radical (unpaired) electrons. The summed E-state index contributed by atoms with van der Waals surface area (Å²) in [6, 6.07) is 7.75. The molecular weight excluding hydrogens is 414 g/mol. The number of alkyl halides is 2. The second-order valence-electron chi connectivity index (χ2n) is 4.13. The molecule has 1 aromatic rings. The molecule has 0 bridgehead atoms. The van der Waals surface area contributed by atoms with Crippen LogP contribution in [-0.4, -0.2) is 9.03 Å². The average molecular weight is 428 g/mol. The van der Waals surface area contributed by atoms with E-state index in [1.807, 2.05) is 12.1 Å². The summed E-state index contributed by atoms with van der Waals surface area (Å²) in [5, 5.41) is 9.54. The Hall–Kier alpha value is 0.480. The van der Waals surface area contributed by atoms with Gasteiger partial charge in [0.15, 0.2) is 0 Å². The van der Waals surface area contributed by atoms with Gasteiger partial charge in [-0.1, -0.05) is 70.2 Å². The SMILES string of the molecule is Oc1cccc(C2(I)CCCCC2I)c1. The van der Waals surface area contributed by atoms with Crippen LogP contribution >= 0.6 is 45.2 Å². The lowest BCUT2D eigenvalue weighted by Gasteiger charge is -2.37. The van der Waals surface area contributed by atoms with Crippen LogP contribution in [-0.2, 0) is 3.42 Å². The molecule has 0 saturated heterocycles. The molecule has 15 heavy (non-hydrogen) atoms. The molecule has 2 rings (SSSR count). The predicted molar refractivity (Wildman–Crippen MR) is 80.1 cm³/mol. The smallest absolute Gasteiger partial charge is 0.115 e. The predicted octanol–water partition coefficient (Wildman–Crippen LogP) is 4.40. The average Bonchev–Trinajstić information content (AvgIpc) is 2.23. The van der Waals surface area contributed by atoms with Crippen molar-refractivity contribution >= 4 is 45.2 Å². The van der Waals surface area contributed by atoms with Gasteiger partial charge in [-0.05, 0) is 30.5 Å². The summed E-state index contributed by atoms with van der Waals surface area (Å²) < 4.78 is 0.890. The Balaban J connectivity index is 2.34. The summed E-state index contributed by atoms with van der Waals surface area (Å²) >= 11 is 5.14. The fourth-order valence-electron chi connectivity index (χ4n) is 2.18. The lowest BCUT2D eigenvalue weighted by atomic mass is 9.84. The topological polar surface area (TPSA) is 20.2 Å². The van der Waals surface area contributed by atoms with Gasteiger partial charge in [0.25, 0.3) is 0 Å². The van der Waals surface area contributed by atoms with Gasteiger partial charge < -0.3 is 5.11 Å². The molecule has 1 nitrogen and oxygen atoms in total. The first-order valence-electron chi connectivity index (χ1n) is 5.25. The van der Waals surface area contributed by atoms with Crippen molar-refractivity contribution in [1.82, 2.24) is 0 Å². The quantitative estimate of drug-likeness (QED) is 0.520. The van der Waals surface area contributed by atoms with Crippen LogP contribution in [0, 0.1) is 0 Å². The van der Waals surface area contributed by atoms with Crippen molar-refractivity contribution in [3.05, 3.63) is 29.8 Å². The van der Waals surface area contributed by atoms with E-state index in [0.29, 0.717) is 9.67 Å². The highest BCUT2D eigenvalue weighted by Crippen LogP contribution is 2.49. The Kier molecular flexibility index (Phi) is 3.80. The molecule has 0 aliphatic heterocycles. The van der Waals surface area contributed by atoms with Gasteiger partial charge >= 0.3 is 0 Å². The van der Waals surface area contributed by atoms with Crippen molar-refractivity contribution < 1.29 is 5.11 Å². The molecule has 2 unspecified atom stereocenters. The maximum absolute atomic E-state index is 9.54. The summed E-state index contributed by atoms with van der Waals surface area (Å²) in [5.74, 6) is 0.387. The molecule has 1 N–H and O–H groups in total. The van der Waals surface area contributed by atoms with Crippen molar-refractivity contribution in [3.63, 3.8) is 0 Å². The van der Waals surface area contributed by atoms with Crippen molar-refractivity contribution in [2.45, 2.75) is 33.0 Å². The molecular formula is C12H14I2O. The molecule has 1 saturated carbocycles. The molecule has 0 aromatic heterocycles. The van der Waals surface area contributed by atoms with Crippen LogP contribution < -0.4 is 0 Å². The van der Waals surface area contributed by atoms with E-state index < -0.39 is 0 Å². The Morgan fingerprint density at radius 3 is 2.80 bits per heavy atom. The number of rotatable bonds is 1. The van der Waals surface area contributed by atoms with E-state index in [9.17, 15) is 5.11 Å². The van der Waals surface area contributed by atoms with Gasteiger partial charge in [0.2, 0.25) is 0 Å². The summed E-state index contributed by atoms with van der Waals surface area (Å²) in [4.78, 5) is 0. The third-order valence-corrected chi connectivity index (χ3v) is 7.86. The highest BCUT2D eigenvalue weighted by molar-refractivity contribution is 14.1. The summed E-state index contributed by atoms with van der Waals surface area (Å²) in [5.41, 5.74) is 1.28. The zero-order valence-corrected chi connectivity index (χ0v) is 12.7. The lowest BCUT2D eigenvalue weighted by Crippen LogP contribution is -2.32. The maximum Gasteiger partial charge on any atom is 0.115 e. The Labute approximate surface area is 118 Å². The minimum Gasteiger partial charge on any atom is -0.508 e. The summed E-state index contributed by atoms with van der Waals surface area (Å²) in [6.07, 6.45) is 5.17. The van der Waals surface area contributed by atoms with E-state index in [0.717, 1.165) is 0 Å². The second kappa shape index (κ2) is 4.77. The maximum atomic E-state index is 9.54. The van der Waals surface area contributed by atoms with Crippen LogP contribution in [0.25, 0.3) is 0 Å². The van der Waals surface area contributed by atoms with Crippen molar-refractivity contribution in [3.8, 4) is 5.75 Å². The van der Waals surface area contributed by atoms with Gasteiger partial charge in [-0.2, -0.15) is 0 Å². The number of aromatic hydroxyl groups is 1. The van der Waals surface area contributed by atoms with Crippen LogP contribution in [0.2, 0.25) is 0 Å². The van der Waals surface area contributed by atoms with Gasteiger partial charge in [-0.25, -0.2) is 0 Å². The number of phenols is 1. The first-order chi connectivity index (χ1) is 7.13. The Bertz CT molecular complexity index is 353. The molecule has 0 heterocycles. The Morgan fingerprint density at radius 2 is 2.13 bits per heavy atom. The van der Waals surface area contributed by atoms with E-state index in [1.165, 1.54) is 31.2 Å². The van der Waals surface area contributed by atoms with Gasteiger partial charge in [0, 0.05) is 3.92 Å². The summed E-state index contributed by atoms with van der Waals surface area (Å²) in [6.45, 7) is 0. The standard InChI is InChI=1S/C12H14I2O/c13-11-6-1-2-7-12(11,14)9-4-3-5-10(15)8-9/h3-5,8,11,15H,1-2,6-7H2. The monoisotopic (exact) mass is 428 g/mol. The molecule has 1 aliphatic rings. The normalized spacial score (nSPS) is 31.5. The zero-order valence-electron chi connectivity index (χ0n) is 8.42. The van der Waals surface area contributed by atoms with Crippen LogP contribution in [0.5, 0.6) is 5.75 Å². The van der Waals surface area contributed by atoms with E-state index in [4.69, 9.17) is 0 Å². The zero-order chi connectivity index (χ0) is 10.9. The number of hydrogen-bond donors (Lipinski definition) is 1. The van der Waals surface area contributed by atoms with E-state index >= 15 is 0 Å². The molecule has 0 amide bonds. The van der Waals surface area contributed by atoms with E-state index in [-0.39, 0.29) is 3.42 Å². The van der Waals surface area contributed by atoms with Crippen molar-refractivity contribution in [2.75, 3.05) is 0 Å². The van der Waals surface area contributed by atoms with Crippen molar-refractivity contribution in [2.24, 2.45) is 0 Å². The largest absolute Gasteiger partial charge is 0.508 e. The van der Waals surface area contributed by atoms with Gasteiger partial charge in [0.1, 0.15) is 5.75 Å². The molecule has 1 fully saturated rings. The minimum atomic E-state index is 0.218. The minimum absolute atomic E-state index is 0.218. The third-order valence-electron chi connectivity index (χ3n) is 3.07. The van der Waals surface area contributed by atoms with E-state index in [1.54, 1.807) is 6.07 Å². The highest BCUT2D eigenvalue weighted by atomic mass is 127. The lowest BCUT2D eigenvalue weighted by molar-refractivity contribution is 0.443. The van der Waals surface area contributed by atoms with Gasteiger partial charge in [-0.3, -0.25) is 0 Å². The number of hydrogen-bond acceptors (Lipinski definition) is 1. The molecule has 3 heteroatoms. The van der Waals surface area contributed by atoms with E-state index in [2.05, 4.69) is 51.2 Å². The van der Waals surface area contributed by atoms with Crippen LogP contribution in [0.1, 0.15) is 31.2 Å². The number of phenolic OH excluding ortho intramolecular Hbond substituents is 1. The fraction of sp³-hybridized carbons (Fsp3) is 0.500. The molecule has 1 aromatic carbocycles. The molecule has 82 valence electrons. The Morgan fingerprint density at radius 1 is 1.33 bits per heavy atom. The fourth-order valence-corrected chi connectivity index (χ4v) is 4.32. The third kappa shape index (κ3) is 2.43. The molecule has 0 spiro atoms. The first kappa shape index (κ1) is 12.0.